The number of rotatable bonds is 5. The van der Waals surface area contributed by atoms with Crippen LogP contribution in [0.3, 0.4) is 0 Å². The molecule has 0 radical (unpaired) electrons. The average Bonchev–Trinajstić information content (AvgIpc) is 2.61. The standard InChI is InChI=1S/C10H15N3O3/c1-3-4-8(14)11-9(10(15)16)7-5-6-13(2)12-7/h5-6,9H,3-4H2,1-2H3,(H,11,14)(H,15,16). The van der Waals surface area contributed by atoms with Crippen LogP contribution in [0.25, 0.3) is 0 Å². The summed E-state index contributed by atoms with van der Waals surface area (Å²) < 4.78 is 1.50. The maximum absolute atomic E-state index is 11.3. The van der Waals surface area contributed by atoms with E-state index in [2.05, 4.69) is 10.4 Å². The maximum atomic E-state index is 11.3. The molecule has 0 aliphatic rings. The fourth-order valence-electron chi connectivity index (χ4n) is 1.31. The van der Waals surface area contributed by atoms with Crippen molar-refractivity contribution in [1.82, 2.24) is 15.1 Å². The van der Waals surface area contributed by atoms with Gasteiger partial charge in [0.15, 0.2) is 6.04 Å². The van der Waals surface area contributed by atoms with Crippen LogP contribution < -0.4 is 5.32 Å². The van der Waals surface area contributed by atoms with Gasteiger partial charge in [-0.25, -0.2) is 4.79 Å². The molecule has 6 nitrogen and oxygen atoms in total. The monoisotopic (exact) mass is 225 g/mol. The van der Waals surface area contributed by atoms with Gasteiger partial charge in [0.05, 0.1) is 5.69 Å². The lowest BCUT2D eigenvalue weighted by atomic mass is 10.2. The summed E-state index contributed by atoms with van der Waals surface area (Å²) in [5.41, 5.74) is 0.333. The smallest absolute Gasteiger partial charge is 0.332 e. The van der Waals surface area contributed by atoms with E-state index in [1.165, 1.54) is 4.68 Å². The van der Waals surface area contributed by atoms with E-state index >= 15 is 0 Å². The zero-order valence-electron chi connectivity index (χ0n) is 9.30. The number of hydrogen-bond donors (Lipinski definition) is 2. The Morgan fingerprint density at radius 2 is 2.31 bits per heavy atom. The van der Waals surface area contributed by atoms with Crippen LogP contribution in [0, 0.1) is 0 Å². The van der Waals surface area contributed by atoms with Crippen molar-refractivity contribution < 1.29 is 14.7 Å². The van der Waals surface area contributed by atoms with Crippen molar-refractivity contribution in [2.75, 3.05) is 0 Å². The fraction of sp³-hybridized carbons (Fsp3) is 0.500. The predicted octanol–water partition coefficient (Wildman–Crippen LogP) is 0.462. The highest BCUT2D eigenvalue weighted by Gasteiger charge is 2.23. The quantitative estimate of drug-likeness (QED) is 0.762. The lowest BCUT2D eigenvalue weighted by Crippen LogP contribution is -2.33. The van der Waals surface area contributed by atoms with Crippen LogP contribution >= 0.6 is 0 Å². The van der Waals surface area contributed by atoms with Crippen molar-refractivity contribution in [1.29, 1.82) is 0 Å². The molecule has 0 aliphatic carbocycles. The van der Waals surface area contributed by atoms with Gasteiger partial charge in [-0.1, -0.05) is 6.92 Å². The van der Waals surface area contributed by atoms with E-state index in [9.17, 15) is 9.59 Å². The Morgan fingerprint density at radius 1 is 1.62 bits per heavy atom. The molecule has 1 heterocycles. The molecule has 1 amide bonds. The van der Waals surface area contributed by atoms with Crippen LogP contribution in [-0.2, 0) is 16.6 Å². The number of nitrogens with one attached hydrogen (secondary N) is 1. The van der Waals surface area contributed by atoms with Crippen molar-refractivity contribution >= 4 is 11.9 Å². The van der Waals surface area contributed by atoms with Gasteiger partial charge in [-0.05, 0) is 12.5 Å². The molecule has 6 heteroatoms. The van der Waals surface area contributed by atoms with Gasteiger partial charge >= 0.3 is 5.97 Å². The van der Waals surface area contributed by atoms with Gasteiger partial charge in [-0.2, -0.15) is 5.10 Å². The maximum Gasteiger partial charge on any atom is 0.332 e. The fourth-order valence-corrected chi connectivity index (χ4v) is 1.31. The Hall–Kier alpha value is -1.85. The van der Waals surface area contributed by atoms with Gasteiger partial charge in [0.25, 0.3) is 0 Å². The van der Waals surface area contributed by atoms with Crippen molar-refractivity contribution in [2.45, 2.75) is 25.8 Å². The molecule has 2 N–H and O–H groups in total. The first-order chi connectivity index (χ1) is 7.54. The second kappa shape index (κ2) is 5.29. The average molecular weight is 225 g/mol. The molecular formula is C10H15N3O3. The van der Waals surface area contributed by atoms with Crippen LogP contribution in [-0.4, -0.2) is 26.8 Å². The molecule has 0 aromatic carbocycles. The first-order valence-corrected chi connectivity index (χ1v) is 5.06. The van der Waals surface area contributed by atoms with E-state index in [0.717, 1.165) is 0 Å². The largest absolute Gasteiger partial charge is 0.479 e. The molecule has 0 saturated carbocycles. The number of aryl methyl sites for hydroxylation is 1. The molecule has 1 rings (SSSR count). The second-order valence-corrected chi connectivity index (χ2v) is 3.50. The van der Waals surface area contributed by atoms with Crippen LogP contribution in [0.5, 0.6) is 0 Å². The topological polar surface area (TPSA) is 84.2 Å². The number of aliphatic carboxylic acids is 1. The zero-order valence-corrected chi connectivity index (χ0v) is 9.30. The first kappa shape index (κ1) is 12.2. The molecule has 16 heavy (non-hydrogen) atoms. The Kier molecular flexibility index (Phi) is 4.04. The van der Waals surface area contributed by atoms with Crippen LogP contribution in [0.4, 0.5) is 0 Å². The number of aromatic nitrogens is 2. The number of hydrogen-bond acceptors (Lipinski definition) is 3. The third kappa shape index (κ3) is 3.08. The summed E-state index contributed by atoms with van der Waals surface area (Å²) >= 11 is 0. The summed E-state index contributed by atoms with van der Waals surface area (Å²) in [5.74, 6) is -1.39. The van der Waals surface area contributed by atoms with Gasteiger partial charge in [0.2, 0.25) is 5.91 Å². The van der Waals surface area contributed by atoms with Crippen LogP contribution in [0.1, 0.15) is 31.5 Å². The molecule has 0 fully saturated rings. The molecule has 0 aliphatic heterocycles. The van der Waals surface area contributed by atoms with Crippen LogP contribution in [0.2, 0.25) is 0 Å². The molecule has 88 valence electrons. The lowest BCUT2D eigenvalue weighted by molar-refractivity contribution is -0.142. The lowest BCUT2D eigenvalue weighted by Gasteiger charge is -2.11. The Labute approximate surface area is 93.3 Å². The second-order valence-electron chi connectivity index (χ2n) is 3.50. The van der Waals surface area contributed by atoms with Crippen molar-refractivity contribution in [3.05, 3.63) is 18.0 Å². The summed E-state index contributed by atoms with van der Waals surface area (Å²) in [6, 6.07) is 0.505. The summed E-state index contributed by atoms with van der Waals surface area (Å²) in [7, 11) is 1.69. The number of amides is 1. The molecule has 1 aromatic heterocycles. The predicted molar refractivity (Wildman–Crippen MR) is 56.6 cm³/mol. The van der Waals surface area contributed by atoms with E-state index < -0.39 is 12.0 Å². The summed E-state index contributed by atoms with van der Waals surface area (Å²) in [5, 5.41) is 15.4. The highest BCUT2D eigenvalue weighted by Crippen LogP contribution is 2.10. The Balaban J connectivity index is 2.76. The highest BCUT2D eigenvalue weighted by atomic mass is 16.4. The molecule has 0 spiro atoms. The van der Waals surface area contributed by atoms with Gasteiger partial charge in [-0.3, -0.25) is 9.48 Å². The van der Waals surface area contributed by atoms with Gasteiger partial charge in [0, 0.05) is 19.7 Å². The third-order valence-electron chi connectivity index (χ3n) is 2.06. The zero-order chi connectivity index (χ0) is 12.1. The van der Waals surface area contributed by atoms with Gasteiger partial charge in [0.1, 0.15) is 0 Å². The minimum atomic E-state index is -1.11. The summed E-state index contributed by atoms with van der Waals surface area (Å²) in [4.78, 5) is 22.3. The van der Waals surface area contributed by atoms with Crippen molar-refractivity contribution in [3.8, 4) is 0 Å². The minimum Gasteiger partial charge on any atom is -0.479 e. The molecule has 1 unspecified atom stereocenters. The Bertz CT molecular complexity index is 386. The number of carboxylic acids is 1. The first-order valence-electron chi connectivity index (χ1n) is 5.06. The normalized spacial score (nSPS) is 12.1. The van der Waals surface area contributed by atoms with E-state index in [1.54, 1.807) is 19.3 Å². The van der Waals surface area contributed by atoms with E-state index in [4.69, 9.17) is 5.11 Å². The SMILES string of the molecule is CCCC(=O)NC(C(=O)O)c1ccn(C)n1. The van der Waals surface area contributed by atoms with Crippen LogP contribution in [0.15, 0.2) is 12.3 Å². The van der Waals surface area contributed by atoms with Crippen molar-refractivity contribution in [3.63, 3.8) is 0 Å². The summed E-state index contributed by atoms with van der Waals surface area (Å²) in [6.07, 6.45) is 2.63. The molecule has 1 aromatic rings. The van der Waals surface area contributed by atoms with Gasteiger partial charge < -0.3 is 10.4 Å². The van der Waals surface area contributed by atoms with E-state index in [-0.39, 0.29) is 5.91 Å². The van der Waals surface area contributed by atoms with Crippen molar-refractivity contribution in [2.24, 2.45) is 7.05 Å². The molecule has 0 saturated heterocycles. The number of carbonyl (C=O) groups excluding carboxylic acids is 1. The number of nitrogens with zero attached hydrogens (tertiary/aromatic N) is 2. The highest BCUT2D eigenvalue weighted by molar-refractivity contribution is 5.84. The molecule has 0 bridgehead atoms. The van der Waals surface area contributed by atoms with Gasteiger partial charge in [-0.15, -0.1) is 0 Å². The molecule has 1 atom stereocenters. The number of carboxylic acid groups (broad SMARTS) is 1. The Morgan fingerprint density at radius 3 is 2.75 bits per heavy atom. The minimum absolute atomic E-state index is 0.277. The summed E-state index contributed by atoms with van der Waals surface area (Å²) in [6.45, 7) is 1.86. The number of carbonyl (C=O) groups is 2. The molecular weight excluding hydrogens is 210 g/mol. The van der Waals surface area contributed by atoms with E-state index in [1.807, 2.05) is 6.92 Å². The third-order valence-corrected chi connectivity index (χ3v) is 2.06. The van der Waals surface area contributed by atoms with E-state index in [0.29, 0.717) is 18.5 Å².